The predicted octanol–water partition coefficient (Wildman–Crippen LogP) is 4.00. The molecule has 0 saturated carbocycles. The van der Waals surface area contributed by atoms with Crippen LogP contribution in [0.25, 0.3) is 0 Å². The molecule has 2 aromatic heterocycles. The maximum absolute atomic E-state index is 11.9. The third-order valence-electron chi connectivity index (χ3n) is 3.88. The van der Waals surface area contributed by atoms with Crippen LogP contribution in [0.1, 0.15) is 25.2 Å². The highest BCUT2D eigenvalue weighted by molar-refractivity contribution is 7.86. The predicted molar refractivity (Wildman–Crippen MR) is 108 cm³/mol. The number of hydrogen-bond donors (Lipinski definition) is 1. The summed E-state index contributed by atoms with van der Waals surface area (Å²) in [6.07, 6.45) is 3.27. The number of aromatic nitrogens is 2. The van der Waals surface area contributed by atoms with E-state index < -0.39 is 10.1 Å². The highest BCUT2D eigenvalue weighted by Gasteiger charge is 2.17. The first kappa shape index (κ1) is 19.5. The second kappa shape index (κ2) is 8.20. The van der Waals surface area contributed by atoms with Crippen molar-refractivity contribution in [2.24, 2.45) is 9.98 Å². The lowest BCUT2D eigenvalue weighted by Crippen LogP contribution is -2.01. The monoisotopic (exact) mass is 394 g/mol. The quantitative estimate of drug-likeness (QED) is 0.520. The van der Waals surface area contributed by atoms with E-state index in [1.807, 2.05) is 12.1 Å². The smallest absolute Gasteiger partial charge is 0.282 e. The lowest BCUT2D eigenvalue weighted by Gasteiger charge is -2.07. The van der Waals surface area contributed by atoms with Gasteiger partial charge in [0.15, 0.2) is 0 Å². The molecular formula is C20H18N4O3S. The van der Waals surface area contributed by atoms with Crippen molar-refractivity contribution in [3.63, 3.8) is 0 Å². The Hall–Kier alpha value is -3.23. The lowest BCUT2D eigenvalue weighted by molar-refractivity contribution is 0.483. The molecule has 0 fully saturated rings. The molecule has 1 N–H and O–H groups in total. The van der Waals surface area contributed by atoms with Crippen LogP contribution in [0.2, 0.25) is 0 Å². The zero-order chi connectivity index (χ0) is 20.1. The Morgan fingerprint density at radius 1 is 0.857 bits per heavy atom. The minimum Gasteiger partial charge on any atom is -0.282 e. The van der Waals surface area contributed by atoms with Crippen molar-refractivity contribution in [3.05, 3.63) is 78.4 Å². The SMILES string of the molecule is CC(=Nc1ccc(N=C(C)c2ccccn2)c(S(=O)(=O)O)c1)c1ccccn1. The van der Waals surface area contributed by atoms with E-state index in [1.54, 1.807) is 56.6 Å². The third-order valence-corrected chi connectivity index (χ3v) is 4.76. The average Bonchev–Trinajstić information content (AvgIpc) is 2.69. The summed E-state index contributed by atoms with van der Waals surface area (Å²) >= 11 is 0. The molecular weight excluding hydrogens is 376 g/mol. The van der Waals surface area contributed by atoms with Crippen molar-refractivity contribution >= 4 is 32.9 Å². The minimum absolute atomic E-state index is 0.111. The minimum atomic E-state index is -4.50. The van der Waals surface area contributed by atoms with E-state index >= 15 is 0 Å². The topological polar surface area (TPSA) is 105 Å². The van der Waals surface area contributed by atoms with Crippen LogP contribution in [0.15, 0.2) is 81.9 Å². The summed E-state index contributed by atoms with van der Waals surface area (Å²) in [6, 6.07) is 15.2. The number of hydrogen-bond acceptors (Lipinski definition) is 6. The Labute approximate surface area is 163 Å². The third kappa shape index (κ3) is 4.73. The zero-order valence-corrected chi connectivity index (χ0v) is 16.1. The molecule has 28 heavy (non-hydrogen) atoms. The molecule has 8 heteroatoms. The molecule has 7 nitrogen and oxygen atoms in total. The molecule has 0 aliphatic rings. The van der Waals surface area contributed by atoms with Crippen LogP contribution >= 0.6 is 0 Å². The molecule has 0 unspecified atom stereocenters. The zero-order valence-electron chi connectivity index (χ0n) is 15.3. The molecule has 3 aromatic rings. The van der Waals surface area contributed by atoms with E-state index in [0.717, 1.165) is 0 Å². The van der Waals surface area contributed by atoms with Gasteiger partial charge in [-0.2, -0.15) is 8.42 Å². The second-order valence-corrected chi connectivity index (χ2v) is 7.34. The molecule has 0 bridgehead atoms. The van der Waals surface area contributed by atoms with Gasteiger partial charge in [-0.25, -0.2) is 0 Å². The van der Waals surface area contributed by atoms with Crippen molar-refractivity contribution in [3.8, 4) is 0 Å². The van der Waals surface area contributed by atoms with Gasteiger partial charge in [-0.05, 0) is 56.3 Å². The number of aliphatic imine (C=N–C) groups is 2. The van der Waals surface area contributed by atoms with E-state index in [-0.39, 0.29) is 10.6 Å². The van der Waals surface area contributed by atoms with Crippen molar-refractivity contribution in [1.29, 1.82) is 0 Å². The van der Waals surface area contributed by atoms with Crippen LogP contribution in [0.3, 0.4) is 0 Å². The first-order valence-electron chi connectivity index (χ1n) is 8.39. The fourth-order valence-corrected chi connectivity index (χ4v) is 3.16. The summed E-state index contributed by atoms with van der Waals surface area (Å²) in [4.78, 5) is 16.8. The van der Waals surface area contributed by atoms with Gasteiger partial charge in [-0.3, -0.25) is 24.5 Å². The molecule has 0 radical (unpaired) electrons. The fraction of sp³-hybridized carbons (Fsp3) is 0.100. The summed E-state index contributed by atoms with van der Waals surface area (Å²) in [5.41, 5.74) is 2.89. The molecule has 3 rings (SSSR count). The first-order valence-corrected chi connectivity index (χ1v) is 9.83. The molecule has 0 aliphatic heterocycles. The Balaban J connectivity index is 2.04. The Morgan fingerprint density at radius 3 is 1.93 bits per heavy atom. The maximum Gasteiger partial charge on any atom is 0.296 e. The van der Waals surface area contributed by atoms with Crippen LogP contribution in [0.4, 0.5) is 11.4 Å². The number of pyridine rings is 2. The Morgan fingerprint density at radius 2 is 1.43 bits per heavy atom. The van der Waals surface area contributed by atoms with Gasteiger partial charge in [0.1, 0.15) is 4.90 Å². The number of rotatable bonds is 5. The molecule has 142 valence electrons. The second-order valence-electron chi connectivity index (χ2n) is 5.95. The normalized spacial score (nSPS) is 12.8. The largest absolute Gasteiger partial charge is 0.296 e. The fourth-order valence-electron chi connectivity index (χ4n) is 2.51. The van der Waals surface area contributed by atoms with Crippen LogP contribution < -0.4 is 0 Å². The van der Waals surface area contributed by atoms with E-state index in [9.17, 15) is 13.0 Å². The van der Waals surface area contributed by atoms with Crippen molar-refractivity contribution in [2.45, 2.75) is 18.7 Å². The highest BCUT2D eigenvalue weighted by Crippen LogP contribution is 2.30. The van der Waals surface area contributed by atoms with Gasteiger partial charge >= 0.3 is 0 Å². The molecule has 0 atom stereocenters. The highest BCUT2D eigenvalue weighted by atomic mass is 32.2. The summed E-state index contributed by atoms with van der Waals surface area (Å²) < 4.78 is 33.4. The number of benzene rings is 1. The average molecular weight is 394 g/mol. The van der Waals surface area contributed by atoms with Gasteiger partial charge in [-0.15, -0.1) is 0 Å². The van der Waals surface area contributed by atoms with Crippen molar-refractivity contribution < 1.29 is 13.0 Å². The van der Waals surface area contributed by atoms with Gasteiger partial charge in [0.2, 0.25) is 0 Å². The van der Waals surface area contributed by atoms with Crippen LogP contribution in [0, 0.1) is 0 Å². The van der Waals surface area contributed by atoms with Gasteiger partial charge in [0.25, 0.3) is 10.1 Å². The lowest BCUT2D eigenvalue weighted by atomic mass is 10.2. The van der Waals surface area contributed by atoms with E-state index in [0.29, 0.717) is 28.5 Å². The molecule has 0 spiro atoms. The van der Waals surface area contributed by atoms with Gasteiger partial charge < -0.3 is 0 Å². The van der Waals surface area contributed by atoms with Crippen LogP contribution in [-0.2, 0) is 10.1 Å². The summed E-state index contributed by atoms with van der Waals surface area (Å²) in [7, 11) is -4.50. The van der Waals surface area contributed by atoms with Gasteiger partial charge in [0, 0.05) is 12.4 Å². The van der Waals surface area contributed by atoms with Gasteiger partial charge in [0.05, 0.1) is 34.2 Å². The van der Waals surface area contributed by atoms with Crippen LogP contribution in [-0.4, -0.2) is 34.4 Å². The Bertz CT molecular complexity index is 1140. The Kier molecular flexibility index (Phi) is 5.72. The van der Waals surface area contributed by atoms with E-state index in [1.165, 1.54) is 12.1 Å². The van der Waals surface area contributed by atoms with E-state index in [4.69, 9.17) is 0 Å². The first-order chi connectivity index (χ1) is 13.3. The summed E-state index contributed by atoms with van der Waals surface area (Å²) in [6.45, 7) is 3.49. The summed E-state index contributed by atoms with van der Waals surface area (Å²) in [5.74, 6) is 0. The van der Waals surface area contributed by atoms with Crippen molar-refractivity contribution in [2.75, 3.05) is 0 Å². The number of nitrogens with zero attached hydrogens (tertiary/aromatic N) is 4. The van der Waals surface area contributed by atoms with Crippen LogP contribution in [0.5, 0.6) is 0 Å². The maximum atomic E-state index is 11.9. The molecule has 2 heterocycles. The molecule has 0 amide bonds. The molecule has 0 aliphatic carbocycles. The molecule has 1 aromatic carbocycles. The van der Waals surface area contributed by atoms with Gasteiger partial charge in [-0.1, -0.05) is 12.1 Å². The molecule has 0 saturated heterocycles. The van der Waals surface area contributed by atoms with Crippen molar-refractivity contribution in [1.82, 2.24) is 9.97 Å². The standard InChI is InChI=1S/C20H18N4O3S/c1-14(17-7-3-5-11-21-17)23-16-9-10-19(20(13-16)28(25,26)27)24-15(2)18-8-4-6-12-22-18/h3-13H,1-2H3,(H,25,26,27). The summed E-state index contributed by atoms with van der Waals surface area (Å²) in [5, 5.41) is 0. The van der Waals surface area contributed by atoms with E-state index in [2.05, 4.69) is 20.0 Å².